The lowest BCUT2D eigenvalue weighted by atomic mass is 10.1. The van der Waals surface area contributed by atoms with Gasteiger partial charge in [0.2, 0.25) is 5.75 Å². The summed E-state index contributed by atoms with van der Waals surface area (Å²) in [5.41, 5.74) is -0.279. The molecule has 2 aromatic rings. The lowest BCUT2D eigenvalue weighted by Crippen LogP contribution is -2.17. The van der Waals surface area contributed by atoms with E-state index in [1.54, 1.807) is 0 Å². The van der Waals surface area contributed by atoms with Gasteiger partial charge in [-0.25, -0.2) is 0 Å². The first-order valence-electron chi connectivity index (χ1n) is 6.27. The Morgan fingerprint density at radius 3 is 2.70 bits per heavy atom. The van der Waals surface area contributed by atoms with Crippen LogP contribution in [0.1, 0.15) is 5.76 Å². The molecule has 0 aliphatic carbocycles. The van der Waals surface area contributed by atoms with Crippen molar-refractivity contribution in [2.45, 2.75) is 0 Å². The molecule has 1 aliphatic rings. The van der Waals surface area contributed by atoms with Gasteiger partial charge in [0.15, 0.2) is 0 Å². The maximum absolute atomic E-state index is 11.5. The van der Waals surface area contributed by atoms with Crippen LogP contribution in [0.3, 0.4) is 0 Å². The van der Waals surface area contributed by atoms with Crippen molar-refractivity contribution in [3.63, 3.8) is 0 Å². The number of hydrogen-bond acceptors (Lipinski definition) is 7. The van der Waals surface area contributed by atoms with E-state index in [-0.39, 0.29) is 22.0 Å². The second kappa shape index (κ2) is 5.61. The predicted molar refractivity (Wildman–Crippen MR) is 81.6 cm³/mol. The molecule has 2 heterocycles. The predicted octanol–water partition coefficient (Wildman–Crippen LogP) is 2.88. The first-order chi connectivity index (χ1) is 11.0. The second-order valence-electron chi connectivity index (χ2n) is 4.48. The topological polar surface area (TPSA) is 123 Å². The molecule has 9 heteroatoms. The van der Waals surface area contributed by atoms with Gasteiger partial charge in [-0.2, -0.15) is 0 Å². The Bertz CT molecular complexity index is 870. The lowest BCUT2D eigenvalue weighted by molar-refractivity contribution is -0.385. The summed E-state index contributed by atoms with van der Waals surface area (Å²) in [7, 11) is 0. The zero-order chi connectivity index (χ0) is 16.6. The molecule has 1 aromatic heterocycles. The largest absolute Gasteiger partial charge is 0.502 e. The Kier molecular flexibility index (Phi) is 3.62. The third-order valence-corrected chi connectivity index (χ3v) is 3.83. The molecule has 2 N–H and O–H groups in total. The van der Waals surface area contributed by atoms with Gasteiger partial charge in [-0.05, 0) is 30.0 Å². The highest BCUT2D eigenvalue weighted by Gasteiger charge is 2.25. The minimum atomic E-state index is -0.699. The van der Waals surface area contributed by atoms with E-state index in [2.05, 4.69) is 5.32 Å². The normalized spacial score (nSPS) is 15.9. The van der Waals surface area contributed by atoms with Crippen LogP contribution >= 0.6 is 11.8 Å². The average Bonchev–Trinajstić information content (AvgIpc) is 3.06. The molecule has 3 rings (SSSR count). The highest BCUT2D eigenvalue weighted by Crippen LogP contribution is 2.37. The van der Waals surface area contributed by atoms with E-state index >= 15 is 0 Å². The number of hydrogen-bond donors (Lipinski definition) is 2. The van der Waals surface area contributed by atoms with Gasteiger partial charge >= 0.3 is 5.69 Å². The summed E-state index contributed by atoms with van der Waals surface area (Å²) < 4.78 is 5.47. The molecule has 0 saturated carbocycles. The Hall–Kier alpha value is -3.07. The van der Waals surface area contributed by atoms with Crippen LogP contribution in [0.5, 0.6) is 5.75 Å². The molecule has 116 valence electrons. The van der Waals surface area contributed by atoms with Crippen molar-refractivity contribution in [1.82, 2.24) is 5.32 Å². The number of rotatable bonds is 3. The van der Waals surface area contributed by atoms with E-state index in [1.165, 1.54) is 36.4 Å². The van der Waals surface area contributed by atoms with Crippen LogP contribution in [0.2, 0.25) is 0 Å². The number of amides is 2. The van der Waals surface area contributed by atoms with Crippen molar-refractivity contribution in [2.24, 2.45) is 0 Å². The molecular weight excluding hydrogens is 324 g/mol. The number of nitro benzene ring substituents is 1. The fourth-order valence-corrected chi connectivity index (χ4v) is 2.67. The molecule has 1 aromatic carbocycles. The van der Waals surface area contributed by atoms with E-state index in [4.69, 9.17) is 4.42 Å². The fraction of sp³-hybridized carbons (Fsp3) is 0. The number of benzene rings is 1. The van der Waals surface area contributed by atoms with Crippen molar-refractivity contribution in [2.75, 3.05) is 0 Å². The lowest BCUT2D eigenvalue weighted by Gasteiger charge is -2.01. The van der Waals surface area contributed by atoms with Gasteiger partial charge in [-0.1, -0.05) is 6.07 Å². The van der Waals surface area contributed by atoms with Crippen LogP contribution in [0.15, 0.2) is 39.7 Å². The Balaban J connectivity index is 1.96. The van der Waals surface area contributed by atoms with E-state index in [0.717, 1.165) is 11.8 Å². The van der Waals surface area contributed by atoms with E-state index < -0.39 is 27.5 Å². The SMILES string of the molecule is O=C1NC(=O)/C(=C/c2ccc(-c3cccc([N+](=O)[O-])c3O)o2)S1. The number of thioether (sulfide) groups is 1. The molecule has 1 saturated heterocycles. The van der Waals surface area contributed by atoms with Gasteiger partial charge in [0.25, 0.3) is 11.1 Å². The summed E-state index contributed by atoms with van der Waals surface area (Å²) in [5, 5.41) is 22.4. The van der Waals surface area contributed by atoms with Crippen LogP contribution in [0, 0.1) is 10.1 Å². The summed E-state index contributed by atoms with van der Waals surface area (Å²) in [6.45, 7) is 0. The van der Waals surface area contributed by atoms with E-state index in [0.29, 0.717) is 0 Å². The maximum atomic E-state index is 11.5. The molecular formula is C14H8N2O6S. The van der Waals surface area contributed by atoms with Crippen molar-refractivity contribution in [3.8, 4) is 17.1 Å². The molecule has 8 nitrogen and oxygen atoms in total. The molecule has 0 unspecified atom stereocenters. The summed E-state index contributed by atoms with van der Waals surface area (Å²) >= 11 is 0.746. The first kappa shape index (κ1) is 14.9. The Morgan fingerprint density at radius 1 is 1.26 bits per heavy atom. The number of phenolic OH excluding ortho intramolecular Hbond substituents is 1. The van der Waals surface area contributed by atoms with Crippen molar-refractivity contribution in [1.29, 1.82) is 0 Å². The van der Waals surface area contributed by atoms with Crippen molar-refractivity contribution in [3.05, 3.63) is 51.1 Å². The number of carbonyl (C=O) groups excluding carboxylic acids is 2. The van der Waals surface area contributed by atoms with Crippen LogP contribution in [-0.4, -0.2) is 21.2 Å². The standard InChI is InChI=1S/C14H8N2O6S/c17-12-8(2-1-3-9(12)16(20)21)10-5-4-7(22-10)6-11-13(18)15-14(19)23-11/h1-6,17H,(H,15,18,19)/b11-6-. The molecule has 23 heavy (non-hydrogen) atoms. The number of aromatic hydroxyl groups is 1. The maximum Gasteiger partial charge on any atom is 0.311 e. The number of phenols is 1. The zero-order valence-electron chi connectivity index (χ0n) is 11.3. The summed E-state index contributed by atoms with van der Waals surface area (Å²) in [4.78, 5) is 32.9. The monoisotopic (exact) mass is 332 g/mol. The molecule has 0 bridgehead atoms. The molecule has 0 spiro atoms. The number of imide groups is 1. The number of nitrogens with zero attached hydrogens (tertiary/aromatic N) is 1. The quantitative estimate of drug-likeness (QED) is 0.503. The summed E-state index contributed by atoms with van der Waals surface area (Å²) in [6, 6.07) is 7.10. The van der Waals surface area contributed by atoms with Gasteiger partial charge < -0.3 is 9.52 Å². The number of nitrogens with one attached hydrogen (secondary N) is 1. The van der Waals surface area contributed by atoms with Gasteiger partial charge in [0.1, 0.15) is 11.5 Å². The van der Waals surface area contributed by atoms with Crippen LogP contribution in [0.25, 0.3) is 17.4 Å². The van der Waals surface area contributed by atoms with E-state index in [9.17, 15) is 24.8 Å². The second-order valence-corrected chi connectivity index (χ2v) is 5.50. The zero-order valence-corrected chi connectivity index (χ0v) is 12.1. The number of nitro groups is 1. The van der Waals surface area contributed by atoms with Crippen molar-refractivity contribution < 1.29 is 24.0 Å². The van der Waals surface area contributed by atoms with Gasteiger partial charge in [-0.3, -0.25) is 25.0 Å². The fourth-order valence-electron chi connectivity index (χ4n) is 2.00. The molecule has 0 atom stereocenters. The van der Waals surface area contributed by atoms with Crippen LogP contribution in [0.4, 0.5) is 10.5 Å². The number of furan rings is 1. The van der Waals surface area contributed by atoms with Gasteiger partial charge in [-0.15, -0.1) is 0 Å². The number of para-hydroxylation sites is 1. The summed E-state index contributed by atoms with van der Waals surface area (Å²) in [6.07, 6.45) is 1.38. The molecule has 2 amide bonds. The third-order valence-electron chi connectivity index (χ3n) is 3.02. The molecule has 0 radical (unpaired) electrons. The van der Waals surface area contributed by atoms with Crippen LogP contribution in [-0.2, 0) is 4.79 Å². The van der Waals surface area contributed by atoms with E-state index in [1.807, 2.05) is 0 Å². The molecule has 1 fully saturated rings. The highest BCUT2D eigenvalue weighted by molar-refractivity contribution is 8.18. The number of carbonyl (C=O) groups is 2. The minimum Gasteiger partial charge on any atom is -0.502 e. The Labute approximate surface area is 132 Å². The average molecular weight is 332 g/mol. The van der Waals surface area contributed by atoms with Crippen molar-refractivity contribution >= 4 is 34.7 Å². The Morgan fingerprint density at radius 2 is 2.04 bits per heavy atom. The minimum absolute atomic E-state index is 0.156. The van der Waals surface area contributed by atoms with Crippen LogP contribution < -0.4 is 5.32 Å². The van der Waals surface area contributed by atoms with Gasteiger partial charge in [0.05, 0.1) is 15.4 Å². The van der Waals surface area contributed by atoms with Gasteiger partial charge in [0, 0.05) is 12.1 Å². The first-order valence-corrected chi connectivity index (χ1v) is 7.09. The summed E-state index contributed by atoms with van der Waals surface area (Å²) in [5.74, 6) is -0.545. The highest BCUT2D eigenvalue weighted by atomic mass is 32.2. The molecule has 1 aliphatic heterocycles. The smallest absolute Gasteiger partial charge is 0.311 e. The third kappa shape index (κ3) is 2.81.